The van der Waals surface area contributed by atoms with Crippen LogP contribution in [0.15, 0.2) is 18.3 Å². The van der Waals surface area contributed by atoms with Crippen molar-refractivity contribution < 1.29 is 18.9 Å². The number of urea groups is 1. The Balaban J connectivity index is 2.37. The van der Waals surface area contributed by atoms with Crippen molar-refractivity contribution in [1.82, 2.24) is 15.6 Å². The first-order valence-corrected chi connectivity index (χ1v) is 7.54. The van der Waals surface area contributed by atoms with Crippen LogP contribution in [0.4, 0.5) is 4.79 Å². The predicted molar refractivity (Wildman–Crippen MR) is 75.0 cm³/mol. The molecule has 0 spiro atoms. The second kappa shape index (κ2) is 7.59. The Morgan fingerprint density at radius 1 is 1.40 bits per heavy atom. The van der Waals surface area contributed by atoms with Crippen molar-refractivity contribution in [3.8, 4) is 0 Å². The molecule has 0 fully saturated rings. The van der Waals surface area contributed by atoms with E-state index in [0.717, 1.165) is 0 Å². The Labute approximate surface area is 119 Å². The molecule has 0 aliphatic heterocycles. The number of hydrogen-bond donors (Lipinski definition) is 3. The van der Waals surface area contributed by atoms with Gasteiger partial charge in [-0.05, 0) is 18.6 Å². The van der Waals surface area contributed by atoms with Gasteiger partial charge in [-0.1, -0.05) is 6.07 Å². The lowest BCUT2D eigenvalue weighted by atomic mass is 10.2. The number of nitrogens with zero attached hydrogens (tertiary/aromatic N) is 1. The molecular formula is C12H17N3O4S. The number of carboxylic acid groups (broad SMARTS) is 1. The summed E-state index contributed by atoms with van der Waals surface area (Å²) in [6.45, 7) is 2.35. The lowest BCUT2D eigenvalue weighted by Gasteiger charge is -2.11. The van der Waals surface area contributed by atoms with Crippen molar-refractivity contribution >= 4 is 22.8 Å². The molecule has 110 valence electrons. The molecule has 1 rings (SSSR count). The van der Waals surface area contributed by atoms with Crippen LogP contribution in [0.2, 0.25) is 0 Å². The first kappa shape index (κ1) is 16.1. The van der Waals surface area contributed by atoms with Crippen molar-refractivity contribution in [2.75, 3.05) is 12.8 Å². The van der Waals surface area contributed by atoms with Crippen LogP contribution in [0.5, 0.6) is 0 Å². The number of aromatic nitrogens is 1. The molecule has 0 aromatic carbocycles. The van der Waals surface area contributed by atoms with Crippen LogP contribution in [0.25, 0.3) is 0 Å². The molecule has 0 aliphatic carbocycles. The Bertz CT molecular complexity index is 504. The molecule has 3 N–H and O–H groups in total. The molecule has 1 aromatic heterocycles. The van der Waals surface area contributed by atoms with Crippen LogP contribution in [0.3, 0.4) is 0 Å². The predicted octanol–water partition coefficient (Wildman–Crippen LogP) is 0.346. The van der Waals surface area contributed by atoms with E-state index >= 15 is 0 Å². The second-order valence-corrected chi connectivity index (χ2v) is 6.03. The maximum Gasteiger partial charge on any atom is 0.354 e. The molecule has 1 aromatic rings. The Hall–Kier alpha value is -1.96. The molecule has 2 atom stereocenters. The van der Waals surface area contributed by atoms with Gasteiger partial charge in [0.15, 0.2) is 0 Å². The fourth-order valence-electron chi connectivity index (χ4n) is 1.25. The Morgan fingerprint density at radius 2 is 2.10 bits per heavy atom. The standard InChI is InChI=1S/C12H17N3O4S/c1-8(20(2)19)5-14-12(18)15-7-9-3-4-10(11(16)17)13-6-9/h3-4,6,8H,5,7H2,1-2H3,(H,16,17)(H2,14,15,18). The highest BCUT2D eigenvalue weighted by molar-refractivity contribution is 7.84. The molecule has 20 heavy (non-hydrogen) atoms. The zero-order valence-electron chi connectivity index (χ0n) is 11.3. The number of carbonyl (C=O) groups is 2. The van der Waals surface area contributed by atoms with E-state index in [1.54, 1.807) is 19.2 Å². The van der Waals surface area contributed by atoms with Gasteiger partial charge in [0.25, 0.3) is 0 Å². The van der Waals surface area contributed by atoms with E-state index in [2.05, 4.69) is 15.6 Å². The Kier molecular flexibility index (Phi) is 6.10. The zero-order valence-corrected chi connectivity index (χ0v) is 12.1. The summed E-state index contributed by atoms with van der Waals surface area (Å²) in [6, 6.07) is 2.59. The minimum absolute atomic E-state index is 0.0440. The molecule has 7 nitrogen and oxygen atoms in total. The summed E-state index contributed by atoms with van der Waals surface area (Å²) in [5.74, 6) is -1.09. The number of rotatable bonds is 6. The summed E-state index contributed by atoms with van der Waals surface area (Å²) in [4.78, 5) is 25.8. The highest BCUT2D eigenvalue weighted by atomic mass is 32.2. The maximum absolute atomic E-state index is 11.5. The van der Waals surface area contributed by atoms with Gasteiger partial charge in [0.2, 0.25) is 0 Å². The average molecular weight is 299 g/mol. The second-order valence-electron chi connectivity index (χ2n) is 4.23. The van der Waals surface area contributed by atoms with E-state index in [1.807, 2.05) is 0 Å². The van der Waals surface area contributed by atoms with E-state index in [0.29, 0.717) is 12.1 Å². The monoisotopic (exact) mass is 299 g/mol. The van der Waals surface area contributed by atoms with Crippen molar-refractivity contribution in [3.63, 3.8) is 0 Å². The van der Waals surface area contributed by atoms with Crippen LogP contribution in [-0.4, -0.2) is 44.4 Å². The van der Waals surface area contributed by atoms with Gasteiger partial charge in [-0.2, -0.15) is 0 Å². The maximum atomic E-state index is 11.5. The number of carboxylic acids is 1. The van der Waals surface area contributed by atoms with E-state index in [4.69, 9.17) is 5.11 Å². The van der Waals surface area contributed by atoms with Crippen LogP contribution < -0.4 is 10.6 Å². The molecule has 2 amide bonds. The van der Waals surface area contributed by atoms with E-state index in [-0.39, 0.29) is 23.5 Å². The van der Waals surface area contributed by atoms with Gasteiger partial charge in [0.1, 0.15) is 5.69 Å². The van der Waals surface area contributed by atoms with E-state index < -0.39 is 16.8 Å². The first-order chi connectivity index (χ1) is 9.40. The fraction of sp³-hybridized carbons (Fsp3) is 0.417. The van der Waals surface area contributed by atoms with Crippen molar-refractivity contribution in [3.05, 3.63) is 29.6 Å². The summed E-state index contributed by atoms with van der Waals surface area (Å²) in [6.07, 6.45) is 2.98. The molecule has 2 unspecified atom stereocenters. The number of hydrogen-bond acceptors (Lipinski definition) is 4. The number of pyridine rings is 1. The third-order valence-electron chi connectivity index (χ3n) is 2.61. The molecule has 0 aliphatic rings. The van der Waals surface area contributed by atoms with Crippen molar-refractivity contribution in [2.24, 2.45) is 0 Å². The van der Waals surface area contributed by atoms with Gasteiger partial charge in [-0.3, -0.25) is 4.21 Å². The van der Waals surface area contributed by atoms with Crippen LogP contribution in [0, 0.1) is 0 Å². The minimum atomic E-state index is -1.09. The van der Waals surface area contributed by atoms with Crippen LogP contribution >= 0.6 is 0 Å². The normalized spacial score (nSPS) is 13.3. The molecule has 0 radical (unpaired) electrons. The van der Waals surface area contributed by atoms with Gasteiger partial charge in [-0.25, -0.2) is 14.6 Å². The van der Waals surface area contributed by atoms with Gasteiger partial charge >= 0.3 is 12.0 Å². The van der Waals surface area contributed by atoms with Crippen LogP contribution in [-0.2, 0) is 17.3 Å². The molecule has 0 saturated heterocycles. The molecule has 0 bridgehead atoms. The SMILES string of the molecule is CC(CNC(=O)NCc1ccc(C(=O)O)nc1)S(C)=O. The third kappa shape index (κ3) is 5.35. The van der Waals surface area contributed by atoms with Crippen LogP contribution in [0.1, 0.15) is 23.0 Å². The smallest absolute Gasteiger partial charge is 0.354 e. The summed E-state index contributed by atoms with van der Waals surface area (Å²) in [5.41, 5.74) is 0.648. The summed E-state index contributed by atoms with van der Waals surface area (Å²) >= 11 is 0. The number of amides is 2. The average Bonchev–Trinajstić information content (AvgIpc) is 2.42. The third-order valence-corrected chi connectivity index (χ3v) is 3.91. The molecule has 1 heterocycles. The van der Waals surface area contributed by atoms with Gasteiger partial charge in [0.05, 0.1) is 0 Å². The lowest BCUT2D eigenvalue weighted by Crippen LogP contribution is -2.39. The highest BCUT2D eigenvalue weighted by Crippen LogP contribution is 2.00. The van der Waals surface area contributed by atoms with E-state index in [9.17, 15) is 13.8 Å². The van der Waals surface area contributed by atoms with Gasteiger partial charge in [-0.15, -0.1) is 0 Å². The summed E-state index contributed by atoms with van der Waals surface area (Å²) in [7, 11) is -0.982. The molecule has 8 heteroatoms. The number of aromatic carboxylic acids is 1. The lowest BCUT2D eigenvalue weighted by molar-refractivity contribution is 0.0690. The van der Waals surface area contributed by atoms with Gasteiger partial charge < -0.3 is 15.7 Å². The number of carbonyl (C=O) groups excluding carboxylic acids is 1. The molecule has 0 saturated carbocycles. The zero-order chi connectivity index (χ0) is 15.1. The van der Waals surface area contributed by atoms with E-state index in [1.165, 1.54) is 12.3 Å². The topological polar surface area (TPSA) is 108 Å². The quantitative estimate of drug-likeness (QED) is 0.702. The summed E-state index contributed by atoms with van der Waals surface area (Å²) in [5, 5.41) is 13.8. The number of nitrogens with one attached hydrogen (secondary N) is 2. The van der Waals surface area contributed by atoms with Crippen molar-refractivity contribution in [1.29, 1.82) is 0 Å². The highest BCUT2D eigenvalue weighted by Gasteiger charge is 2.08. The minimum Gasteiger partial charge on any atom is -0.477 e. The molecular weight excluding hydrogens is 282 g/mol. The summed E-state index contributed by atoms with van der Waals surface area (Å²) < 4.78 is 11.1. The van der Waals surface area contributed by atoms with Gasteiger partial charge in [0, 0.05) is 41.6 Å². The fourth-order valence-corrected chi connectivity index (χ4v) is 1.57. The largest absolute Gasteiger partial charge is 0.477 e. The Morgan fingerprint density at radius 3 is 2.60 bits per heavy atom. The first-order valence-electron chi connectivity index (χ1n) is 5.92. The van der Waals surface area contributed by atoms with Crippen molar-refractivity contribution in [2.45, 2.75) is 18.7 Å².